The van der Waals surface area contributed by atoms with E-state index in [1.807, 2.05) is 25.1 Å². The lowest BCUT2D eigenvalue weighted by molar-refractivity contribution is -0.00645. The summed E-state index contributed by atoms with van der Waals surface area (Å²) in [6, 6.07) is 11.1. The van der Waals surface area contributed by atoms with Gasteiger partial charge in [-0.2, -0.15) is 0 Å². The maximum absolute atomic E-state index is 14.4. The number of aryl methyl sites for hydroxylation is 1. The molecule has 264 valence electrons. The smallest absolute Gasteiger partial charge is 0.330 e. The number of fused-ring (bicyclic) bond motifs is 4. The van der Waals surface area contributed by atoms with Gasteiger partial charge in [-0.05, 0) is 97.7 Å². The maximum atomic E-state index is 14.4. The van der Waals surface area contributed by atoms with E-state index < -0.39 is 21.9 Å². The Morgan fingerprint density at radius 1 is 1.12 bits per heavy atom. The molecule has 7 rings (SSSR count). The molecule has 2 aromatic carbocycles. The van der Waals surface area contributed by atoms with Crippen molar-refractivity contribution in [1.29, 1.82) is 0 Å². The molecule has 1 saturated carbocycles. The molecule has 49 heavy (non-hydrogen) atoms. The van der Waals surface area contributed by atoms with Gasteiger partial charge < -0.3 is 24.0 Å². The highest BCUT2D eigenvalue weighted by atomic mass is 35.5. The van der Waals surface area contributed by atoms with Gasteiger partial charge in [-0.15, -0.1) is 4.36 Å². The highest BCUT2D eigenvalue weighted by Crippen LogP contribution is 2.47. The number of amides is 3. The van der Waals surface area contributed by atoms with Crippen LogP contribution in [0.2, 0.25) is 5.02 Å². The van der Waals surface area contributed by atoms with Gasteiger partial charge in [0.25, 0.3) is 5.91 Å². The van der Waals surface area contributed by atoms with Crippen LogP contribution in [0.1, 0.15) is 60.5 Å². The fraction of sp³-hybridized carbons (Fsp3) is 0.568. The molecule has 0 aromatic heterocycles. The number of ether oxygens (including phenoxy) is 3. The number of urea groups is 1. The van der Waals surface area contributed by atoms with Crippen molar-refractivity contribution < 1.29 is 28.0 Å². The number of carbonyl (C=O) groups excluding carboxylic acids is 2. The fourth-order valence-corrected chi connectivity index (χ4v) is 10.4. The summed E-state index contributed by atoms with van der Waals surface area (Å²) in [4.78, 5) is 31.0. The van der Waals surface area contributed by atoms with Crippen LogP contribution in [0, 0.1) is 17.8 Å². The van der Waals surface area contributed by atoms with Gasteiger partial charge in [-0.1, -0.05) is 36.7 Å². The van der Waals surface area contributed by atoms with Crippen LogP contribution in [-0.2, 0) is 31.2 Å². The molecule has 10 nitrogen and oxygen atoms in total. The number of hydrogen-bond donors (Lipinski definition) is 1. The minimum absolute atomic E-state index is 0.0339. The minimum Gasteiger partial charge on any atom is -0.490 e. The average Bonchev–Trinajstić information content (AvgIpc) is 3.18. The van der Waals surface area contributed by atoms with E-state index in [0.717, 1.165) is 55.9 Å². The zero-order chi connectivity index (χ0) is 34.3. The summed E-state index contributed by atoms with van der Waals surface area (Å²) in [5, 5.41) is 0.743. The summed E-state index contributed by atoms with van der Waals surface area (Å²) in [5.41, 5.74) is 3.44. The van der Waals surface area contributed by atoms with Crippen molar-refractivity contribution in [1.82, 2.24) is 9.62 Å². The van der Waals surface area contributed by atoms with Gasteiger partial charge >= 0.3 is 6.03 Å². The summed E-state index contributed by atoms with van der Waals surface area (Å²) < 4.78 is 39.3. The van der Waals surface area contributed by atoms with Crippen LogP contribution in [0.3, 0.4) is 0 Å². The summed E-state index contributed by atoms with van der Waals surface area (Å²) >= 11 is 6.45. The molecule has 3 heterocycles. The van der Waals surface area contributed by atoms with E-state index in [1.165, 1.54) is 16.0 Å². The standard InChI is InChI=1S/C37H47ClN4O6S/c1-24-6-4-8-33(47-3)30-12-9-27(30)18-42-22-37(15-5-7-25-16-28(38)11-13-31(25)37)23-48-34-14-10-26(17-32(34)42)35(43)39-49(45,21-24)40-36(44)41-19-29(20-41)46-2/h4,8,10-11,13-14,16-17,24,27,29-30,33H,5-7,9,12,15,18-23H2,1-3H3,(H,39,40,43,44,45)/b8-4+/t24-,27-,30+,33-,37-,49?/m0/s1. The zero-order valence-electron chi connectivity index (χ0n) is 28.6. The van der Waals surface area contributed by atoms with Gasteiger partial charge in [-0.25, -0.2) is 9.00 Å². The predicted molar refractivity (Wildman–Crippen MR) is 191 cm³/mol. The van der Waals surface area contributed by atoms with E-state index in [1.54, 1.807) is 20.3 Å². The first-order valence-corrected chi connectivity index (χ1v) is 19.5. The zero-order valence-corrected chi connectivity index (χ0v) is 30.1. The number of carbonyl (C=O) groups is 2. The molecule has 2 aliphatic carbocycles. The highest BCUT2D eigenvalue weighted by molar-refractivity contribution is 7.92. The third kappa shape index (κ3) is 6.96. The Morgan fingerprint density at radius 2 is 1.96 bits per heavy atom. The normalized spacial score (nSPS) is 32.4. The second-order valence-electron chi connectivity index (χ2n) is 14.6. The van der Waals surface area contributed by atoms with Crippen molar-refractivity contribution in [3.8, 4) is 5.75 Å². The predicted octanol–water partition coefficient (Wildman–Crippen LogP) is 6.01. The van der Waals surface area contributed by atoms with Crippen molar-refractivity contribution in [2.45, 2.75) is 63.1 Å². The third-order valence-electron chi connectivity index (χ3n) is 11.2. The van der Waals surface area contributed by atoms with Crippen LogP contribution in [0.15, 0.2) is 52.9 Å². The molecule has 6 atom stereocenters. The number of anilines is 1. The quantitative estimate of drug-likeness (QED) is 0.389. The Labute approximate surface area is 294 Å². The first-order valence-electron chi connectivity index (χ1n) is 17.5. The van der Waals surface area contributed by atoms with Crippen LogP contribution in [-0.4, -0.2) is 86.0 Å². The first-order chi connectivity index (χ1) is 23.6. The number of hydrogen-bond acceptors (Lipinski definition) is 7. The Hall–Kier alpha value is -3.12. The van der Waals surface area contributed by atoms with Crippen molar-refractivity contribution in [2.24, 2.45) is 22.1 Å². The van der Waals surface area contributed by atoms with Crippen molar-refractivity contribution in [2.75, 3.05) is 57.7 Å². The van der Waals surface area contributed by atoms with Gasteiger partial charge in [0.15, 0.2) is 0 Å². The Morgan fingerprint density at radius 3 is 2.71 bits per heavy atom. The molecule has 1 N–H and O–H groups in total. The molecule has 1 saturated heterocycles. The summed E-state index contributed by atoms with van der Waals surface area (Å²) in [5.74, 6) is 0.745. The molecule has 3 aliphatic heterocycles. The van der Waals surface area contributed by atoms with Gasteiger partial charge in [0.2, 0.25) is 0 Å². The summed E-state index contributed by atoms with van der Waals surface area (Å²) in [6.07, 6.45) is 9.89. The average molecular weight is 711 g/mol. The SMILES string of the molecule is COC1CN(C(=O)NS2(=O)=NC(=O)c3ccc4c(c3)N(C[C@@H]3CC[C@H]3[C@@H](OC)/C=C/C[C@H](C)C2)C[C@@]2(CCCc3cc(Cl)ccc32)CO4)C1. The van der Waals surface area contributed by atoms with E-state index in [4.69, 9.17) is 25.8 Å². The summed E-state index contributed by atoms with van der Waals surface area (Å²) in [7, 11) is -0.0995. The number of methoxy groups -OCH3 is 2. The van der Waals surface area contributed by atoms with Crippen LogP contribution in [0.4, 0.5) is 10.5 Å². The van der Waals surface area contributed by atoms with Crippen molar-refractivity contribution in [3.63, 3.8) is 0 Å². The van der Waals surface area contributed by atoms with Crippen LogP contribution in [0.25, 0.3) is 0 Å². The highest BCUT2D eigenvalue weighted by Gasteiger charge is 2.44. The molecular formula is C37H47ClN4O6S. The lowest BCUT2D eigenvalue weighted by Gasteiger charge is -2.46. The largest absolute Gasteiger partial charge is 0.490 e. The van der Waals surface area contributed by atoms with Gasteiger partial charge in [0, 0.05) is 43.3 Å². The fourth-order valence-electron chi connectivity index (χ4n) is 8.32. The molecule has 2 aromatic rings. The molecule has 0 radical (unpaired) electrons. The van der Waals surface area contributed by atoms with Gasteiger partial charge in [-0.3, -0.25) is 9.52 Å². The topological polar surface area (TPSA) is 110 Å². The second-order valence-corrected chi connectivity index (χ2v) is 17.1. The van der Waals surface area contributed by atoms with Gasteiger partial charge in [0.1, 0.15) is 15.7 Å². The third-order valence-corrected chi connectivity index (χ3v) is 13.4. The van der Waals surface area contributed by atoms with Crippen molar-refractivity contribution in [3.05, 3.63) is 70.3 Å². The Bertz CT molecular complexity index is 1750. The Balaban J connectivity index is 1.28. The number of nitrogens with zero attached hydrogens (tertiary/aromatic N) is 3. The Kier molecular flexibility index (Phi) is 9.73. The number of benzene rings is 2. The van der Waals surface area contributed by atoms with Crippen molar-refractivity contribution >= 4 is 39.1 Å². The maximum Gasteiger partial charge on any atom is 0.330 e. The molecular weight excluding hydrogens is 664 g/mol. The molecule has 5 aliphatic rings. The molecule has 12 heteroatoms. The molecule has 1 spiro atoms. The lowest BCUT2D eigenvalue weighted by Crippen LogP contribution is -2.58. The molecule has 2 fully saturated rings. The van der Waals surface area contributed by atoms with E-state index in [2.05, 4.69) is 38.3 Å². The molecule has 3 amide bonds. The minimum atomic E-state index is -3.47. The van der Waals surface area contributed by atoms with Crippen LogP contribution >= 0.6 is 11.6 Å². The molecule has 2 bridgehead atoms. The molecule has 1 unspecified atom stereocenters. The number of allylic oxidation sites excluding steroid dienone is 1. The van der Waals surface area contributed by atoms with E-state index in [-0.39, 0.29) is 29.3 Å². The monoisotopic (exact) mass is 710 g/mol. The van der Waals surface area contributed by atoms with Crippen LogP contribution in [0.5, 0.6) is 5.75 Å². The first kappa shape index (κ1) is 34.3. The second kappa shape index (κ2) is 13.9. The number of halogens is 1. The van der Waals surface area contributed by atoms with Gasteiger partial charge in [0.05, 0.1) is 43.3 Å². The number of likely N-dealkylation sites (tertiary alicyclic amines) is 1. The van der Waals surface area contributed by atoms with Crippen LogP contribution < -0.4 is 14.4 Å². The van der Waals surface area contributed by atoms with E-state index in [0.29, 0.717) is 49.3 Å². The summed E-state index contributed by atoms with van der Waals surface area (Å²) in [6.45, 7) is 4.77. The lowest BCUT2D eigenvalue weighted by atomic mass is 9.68. The number of nitrogens with one attached hydrogen (secondary N) is 1. The van der Waals surface area contributed by atoms with E-state index in [9.17, 15) is 13.8 Å². The number of rotatable bonds is 3. The van der Waals surface area contributed by atoms with E-state index >= 15 is 0 Å².